The largest absolute Gasteiger partial charge is 0.313 e. The lowest BCUT2D eigenvalue weighted by atomic mass is 10.2. The van der Waals surface area contributed by atoms with E-state index in [1.165, 1.54) is 0 Å². The second-order valence-electron chi connectivity index (χ2n) is 4.98. The maximum atomic E-state index is 12.2. The molecular weight excluding hydrogens is 258 g/mol. The van der Waals surface area contributed by atoms with Crippen LogP contribution in [-0.2, 0) is 15.6 Å². The molecule has 1 rings (SSSR count). The van der Waals surface area contributed by atoms with Crippen molar-refractivity contribution in [3.05, 3.63) is 35.9 Å². The number of rotatable bonds is 9. The third-order valence-electron chi connectivity index (χ3n) is 3.00. The quantitative estimate of drug-likeness (QED) is 0.758. The summed E-state index contributed by atoms with van der Waals surface area (Å²) < 4.78 is 24.4. The molecule has 4 heteroatoms. The minimum atomic E-state index is -3.05. The highest BCUT2D eigenvalue weighted by molar-refractivity contribution is 7.90. The predicted molar refractivity (Wildman–Crippen MR) is 80.9 cm³/mol. The Balaban J connectivity index is 2.60. The third kappa shape index (κ3) is 6.73. The van der Waals surface area contributed by atoms with Crippen molar-refractivity contribution in [2.75, 3.05) is 12.3 Å². The number of nitrogens with one attached hydrogen (secondary N) is 1. The van der Waals surface area contributed by atoms with Crippen LogP contribution in [0.3, 0.4) is 0 Å². The molecule has 1 aromatic rings. The minimum absolute atomic E-state index is 0.0821. The number of hydrogen-bond donors (Lipinski definition) is 1. The van der Waals surface area contributed by atoms with Crippen molar-refractivity contribution in [3.8, 4) is 0 Å². The Morgan fingerprint density at radius 2 is 1.79 bits per heavy atom. The zero-order chi connectivity index (χ0) is 14.1. The molecule has 0 fully saturated rings. The van der Waals surface area contributed by atoms with Crippen molar-refractivity contribution in [3.63, 3.8) is 0 Å². The summed E-state index contributed by atoms with van der Waals surface area (Å²) in [4.78, 5) is 0. The van der Waals surface area contributed by atoms with Crippen LogP contribution in [-0.4, -0.2) is 26.8 Å². The monoisotopic (exact) mass is 283 g/mol. The van der Waals surface area contributed by atoms with Crippen LogP contribution in [0.25, 0.3) is 0 Å². The molecule has 0 aliphatic heterocycles. The first-order chi connectivity index (χ1) is 9.07. The lowest BCUT2D eigenvalue weighted by molar-refractivity contribution is 0.499. The average Bonchev–Trinajstić information content (AvgIpc) is 2.36. The van der Waals surface area contributed by atoms with Gasteiger partial charge in [-0.1, -0.05) is 50.6 Å². The van der Waals surface area contributed by atoms with E-state index >= 15 is 0 Å². The molecule has 0 spiro atoms. The van der Waals surface area contributed by atoms with Crippen LogP contribution in [0.4, 0.5) is 0 Å². The summed E-state index contributed by atoms with van der Waals surface area (Å²) in [5.74, 6) is 0.373. The lowest BCUT2D eigenvalue weighted by Crippen LogP contribution is -2.36. The lowest BCUT2D eigenvalue weighted by Gasteiger charge is -2.17. The van der Waals surface area contributed by atoms with Crippen molar-refractivity contribution in [1.29, 1.82) is 0 Å². The molecule has 0 aromatic heterocycles. The van der Waals surface area contributed by atoms with Gasteiger partial charge in [0, 0.05) is 6.04 Å². The molecule has 0 aliphatic carbocycles. The average molecular weight is 283 g/mol. The Labute approximate surface area is 117 Å². The Bertz CT molecular complexity index is 442. The van der Waals surface area contributed by atoms with Gasteiger partial charge in [-0.3, -0.25) is 0 Å². The second kappa shape index (κ2) is 8.33. The van der Waals surface area contributed by atoms with E-state index in [0.717, 1.165) is 31.4 Å². The zero-order valence-electron chi connectivity index (χ0n) is 11.9. The maximum Gasteiger partial charge on any atom is 0.155 e. The minimum Gasteiger partial charge on any atom is -0.313 e. The van der Waals surface area contributed by atoms with Crippen molar-refractivity contribution in [2.45, 2.75) is 44.9 Å². The van der Waals surface area contributed by atoms with E-state index in [1.807, 2.05) is 30.3 Å². The van der Waals surface area contributed by atoms with E-state index in [9.17, 15) is 8.42 Å². The zero-order valence-corrected chi connectivity index (χ0v) is 12.7. The van der Waals surface area contributed by atoms with E-state index in [1.54, 1.807) is 0 Å². The third-order valence-corrected chi connectivity index (χ3v) is 4.69. The van der Waals surface area contributed by atoms with E-state index in [4.69, 9.17) is 0 Å². The van der Waals surface area contributed by atoms with Gasteiger partial charge in [-0.2, -0.15) is 0 Å². The van der Waals surface area contributed by atoms with Gasteiger partial charge in [0.15, 0.2) is 9.84 Å². The van der Waals surface area contributed by atoms with Gasteiger partial charge in [0.25, 0.3) is 0 Å². The van der Waals surface area contributed by atoms with Gasteiger partial charge in [0.1, 0.15) is 0 Å². The van der Waals surface area contributed by atoms with Gasteiger partial charge in [0.2, 0.25) is 0 Å². The van der Waals surface area contributed by atoms with Gasteiger partial charge >= 0.3 is 0 Å². The molecule has 0 amide bonds. The predicted octanol–water partition coefficient (Wildman–Crippen LogP) is 2.77. The van der Waals surface area contributed by atoms with Crippen LogP contribution < -0.4 is 5.32 Å². The Hall–Kier alpha value is -0.870. The first kappa shape index (κ1) is 16.2. The van der Waals surface area contributed by atoms with Crippen LogP contribution in [0.5, 0.6) is 0 Å². The standard InChI is InChI=1S/C15H25NO2S/c1-3-8-15(16-11-4-2)13-19(17,18)12-14-9-6-5-7-10-14/h5-7,9-10,15-16H,3-4,8,11-13H2,1-2H3. The summed E-state index contributed by atoms with van der Waals surface area (Å²) in [5.41, 5.74) is 0.869. The summed E-state index contributed by atoms with van der Waals surface area (Å²) in [6.45, 7) is 5.06. The van der Waals surface area contributed by atoms with Crippen molar-refractivity contribution >= 4 is 9.84 Å². The molecule has 0 radical (unpaired) electrons. The highest BCUT2D eigenvalue weighted by atomic mass is 32.2. The molecule has 0 saturated heterocycles. The highest BCUT2D eigenvalue weighted by Gasteiger charge is 2.18. The summed E-state index contributed by atoms with van der Waals surface area (Å²) in [6.07, 6.45) is 2.94. The summed E-state index contributed by atoms with van der Waals surface area (Å²) >= 11 is 0. The number of hydrogen-bond acceptors (Lipinski definition) is 3. The van der Waals surface area contributed by atoms with Crippen LogP contribution in [0.15, 0.2) is 30.3 Å². The fraction of sp³-hybridized carbons (Fsp3) is 0.600. The normalized spacial score (nSPS) is 13.4. The summed E-state index contributed by atoms with van der Waals surface area (Å²) in [6, 6.07) is 9.47. The first-order valence-corrected chi connectivity index (χ1v) is 8.87. The Morgan fingerprint density at radius 1 is 1.11 bits per heavy atom. The van der Waals surface area contributed by atoms with E-state index in [-0.39, 0.29) is 17.5 Å². The molecule has 1 aromatic carbocycles. The molecule has 19 heavy (non-hydrogen) atoms. The molecule has 1 atom stereocenters. The smallest absolute Gasteiger partial charge is 0.155 e. The van der Waals surface area contributed by atoms with Crippen LogP contribution >= 0.6 is 0 Å². The topological polar surface area (TPSA) is 46.2 Å². The van der Waals surface area contributed by atoms with E-state index in [0.29, 0.717) is 0 Å². The fourth-order valence-electron chi connectivity index (χ4n) is 2.13. The van der Waals surface area contributed by atoms with Gasteiger partial charge < -0.3 is 5.32 Å². The molecule has 0 aliphatic rings. The van der Waals surface area contributed by atoms with Gasteiger partial charge in [0.05, 0.1) is 11.5 Å². The molecule has 0 heterocycles. The molecule has 1 unspecified atom stereocenters. The molecule has 1 N–H and O–H groups in total. The Morgan fingerprint density at radius 3 is 2.37 bits per heavy atom. The summed E-state index contributed by atoms with van der Waals surface area (Å²) in [5, 5.41) is 3.33. The van der Waals surface area contributed by atoms with Gasteiger partial charge in [-0.05, 0) is 24.9 Å². The molecule has 108 valence electrons. The molecular formula is C15H25NO2S. The van der Waals surface area contributed by atoms with Crippen molar-refractivity contribution < 1.29 is 8.42 Å². The van der Waals surface area contributed by atoms with Gasteiger partial charge in [-0.25, -0.2) is 8.42 Å². The first-order valence-electron chi connectivity index (χ1n) is 7.05. The van der Waals surface area contributed by atoms with Crippen LogP contribution in [0, 0.1) is 0 Å². The maximum absolute atomic E-state index is 12.2. The molecule has 0 saturated carbocycles. The molecule has 0 bridgehead atoms. The fourth-order valence-corrected chi connectivity index (χ4v) is 3.85. The number of benzene rings is 1. The van der Waals surface area contributed by atoms with Crippen molar-refractivity contribution in [2.24, 2.45) is 0 Å². The van der Waals surface area contributed by atoms with Gasteiger partial charge in [-0.15, -0.1) is 0 Å². The Kier molecular flexibility index (Phi) is 7.10. The number of sulfone groups is 1. The van der Waals surface area contributed by atoms with Crippen molar-refractivity contribution in [1.82, 2.24) is 5.32 Å². The second-order valence-corrected chi connectivity index (χ2v) is 7.09. The van der Waals surface area contributed by atoms with Crippen LogP contribution in [0.2, 0.25) is 0 Å². The van der Waals surface area contributed by atoms with E-state index < -0.39 is 9.84 Å². The van der Waals surface area contributed by atoms with Crippen LogP contribution in [0.1, 0.15) is 38.7 Å². The SMILES string of the molecule is CCCNC(CCC)CS(=O)(=O)Cc1ccccc1. The van der Waals surface area contributed by atoms with E-state index in [2.05, 4.69) is 19.2 Å². The molecule has 3 nitrogen and oxygen atoms in total. The summed E-state index contributed by atoms with van der Waals surface area (Å²) in [7, 11) is -3.05. The highest BCUT2D eigenvalue weighted by Crippen LogP contribution is 2.09.